The van der Waals surface area contributed by atoms with E-state index >= 15 is 0 Å². The van der Waals surface area contributed by atoms with Gasteiger partial charge in [0.25, 0.3) is 0 Å². The van der Waals surface area contributed by atoms with Crippen LogP contribution in [0.4, 0.5) is 0 Å². The standard InChI is InChI=1S/C19H31N/c1-3-5-6-10-13-19(20-14-4-2)18-15-17(18)16-11-8-7-9-12-16/h7-9,11-12,17-20H,3-6,10,13-15H2,1-2H3. The van der Waals surface area contributed by atoms with E-state index in [-0.39, 0.29) is 0 Å². The van der Waals surface area contributed by atoms with E-state index in [4.69, 9.17) is 0 Å². The molecule has 0 bridgehead atoms. The molecule has 1 saturated carbocycles. The summed E-state index contributed by atoms with van der Waals surface area (Å²) in [6.07, 6.45) is 9.54. The van der Waals surface area contributed by atoms with Gasteiger partial charge in [-0.05, 0) is 43.2 Å². The van der Waals surface area contributed by atoms with Crippen molar-refractivity contribution in [2.24, 2.45) is 5.92 Å². The Kier molecular flexibility index (Phi) is 6.59. The van der Waals surface area contributed by atoms with Crippen LogP contribution in [-0.4, -0.2) is 12.6 Å². The summed E-state index contributed by atoms with van der Waals surface area (Å²) in [7, 11) is 0. The zero-order valence-electron chi connectivity index (χ0n) is 13.3. The molecule has 3 unspecified atom stereocenters. The average Bonchev–Trinajstić information content (AvgIpc) is 3.28. The van der Waals surface area contributed by atoms with Crippen molar-refractivity contribution in [3.05, 3.63) is 35.9 Å². The van der Waals surface area contributed by atoms with Crippen molar-refractivity contribution in [3.63, 3.8) is 0 Å². The van der Waals surface area contributed by atoms with Gasteiger partial charge in [-0.3, -0.25) is 0 Å². The van der Waals surface area contributed by atoms with Gasteiger partial charge in [0.1, 0.15) is 0 Å². The van der Waals surface area contributed by atoms with Crippen LogP contribution in [0.3, 0.4) is 0 Å². The van der Waals surface area contributed by atoms with Gasteiger partial charge in [0, 0.05) is 6.04 Å². The summed E-state index contributed by atoms with van der Waals surface area (Å²) in [5, 5.41) is 3.81. The van der Waals surface area contributed by atoms with Crippen molar-refractivity contribution in [1.82, 2.24) is 5.32 Å². The Morgan fingerprint density at radius 2 is 1.85 bits per heavy atom. The van der Waals surface area contributed by atoms with Crippen molar-refractivity contribution in [3.8, 4) is 0 Å². The maximum Gasteiger partial charge on any atom is 0.0101 e. The summed E-state index contributed by atoms with van der Waals surface area (Å²) < 4.78 is 0. The van der Waals surface area contributed by atoms with Crippen LogP contribution in [0.1, 0.15) is 70.3 Å². The maximum absolute atomic E-state index is 3.81. The van der Waals surface area contributed by atoms with E-state index in [1.54, 1.807) is 5.56 Å². The minimum atomic E-state index is 0.747. The Hall–Kier alpha value is -0.820. The predicted molar refractivity (Wildman–Crippen MR) is 88.1 cm³/mol. The third-order valence-electron chi connectivity index (χ3n) is 4.61. The molecule has 1 heteroatoms. The molecule has 112 valence electrons. The van der Waals surface area contributed by atoms with E-state index in [1.807, 2.05) is 0 Å². The van der Waals surface area contributed by atoms with Gasteiger partial charge >= 0.3 is 0 Å². The van der Waals surface area contributed by atoms with Gasteiger partial charge in [-0.15, -0.1) is 0 Å². The summed E-state index contributed by atoms with van der Waals surface area (Å²) in [5.74, 6) is 1.70. The number of unbranched alkanes of at least 4 members (excludes halogenated alkanes) is 3. The van der Waals surface area contributed by atoms with Crippen molar-refractivity contribution < 1.29 is 0 Å². The van der Waals surface area contributed by atoms with Gasteiger partial charge in [-0.2, -0.15) is 0 Å². The lowest BCUT2D eigenvalue weighted by Crippen LogP contribution is -2.32. The molecule has 0 aliphatic heterocycles. The number of hydrogen-bond acceptors (Lipinski definition) is 1. The molecule has 0 radical (unpaired) electrons. The minimum Gasteiger partial charge on any atom is -0.314 e. The Morgan fingerprint density at radius 3 is 2.55 bits per heavy atom. The highest BCUT2D eigenvalue weighted by Gasteiger charge is 2.42. The second-order valence-corrected chi connectivity index (χ2v) is 6.33. The minimum absolute atomic E-state index is 0.747. The van der Waals surface area contributed by atoms with Gasteiger partial charge < -0.3 is 5.32 Å². The van der Waals surface area contributed by atoms with Gasteiger partial charge in [0.2, 0.25) is 0 Å². The first-order valence-corrected chi connectivity index (χ1v) is 8.65. The van der Waals surface area contributed by atoms with Crippen LogP contribution in [0, 0.1) is 5.92 Å². The summed E-state index contributed by atoms with van der Waals surface area (Å²) >= 11 is 0. The zero-order chi connectivity index (χ0) is 14.2. The molecular formula is C19H31N. The number of nitrogens with one attached hydrogen (secondary N) is 1. The first-order valence-electron chi connectivity index (χ1n) is 8.65. The van der Waals surface area contributed by atoms with Gasteiger partial charge in [0.15, 0.2) is 0 Å². The largest absolute Gasteiger partial charge is 0.314 e. The smallest absolute Gasteiger partial charge is 0.0101 e. The molecule has 0 aromatic heterocycles. The summed E-state index contributed by atoms with van der Waals surface area (Å²) in [5.41, 5.74) is 1.55. The molecule has 1 aliphatic carbocycles. The third kappa shape index (κ3) is 4.63. The van der Waals surface area contributed by atoms with Crippen LogP contribution < -0.4 is 5.32 Å². The number of benzene rings is 1. The van der Waals surface area contributed by atoms with Crippen LogP contribution in [-0.2, 0) is 0 Å². The fourth-order valence-corrected chi connectivity index (χ4v) is 3.33. The molecule has 2 rings (SSSR count). The van der Waals surface area contributed by atoms with Crippen molar-refractivity contribution in [2.75, 3.05) is 6.54 Å². The SMILES string of the molecule is CCCCCCC(NCCC)C1CC1c1ccccc1. The molecule has 3 atom stereocenters. The molecule has 0 saturated heterocycles. The second-order valence-electron chi connectivity index (χ2n) is 6.33. The highest BCUT2D eigenvalue weighted by Crippen LogP contribution is 2.50. The topological polar surface area (TPSA) is 12.0 Å². The zero-order valence-corrected chi connectivity index (χ0v) is 13.3. The molecule has 1 N–H and O–H groups in total. The fraction of sp³-hybridized carbons (Fsp3) is 0.684. The van der Waals surface area contributed by atoms with E-state index < -0.39 is 0 Å². The lowest BCUT2D eigenvalue weighted by molar-refractivity contribution is 0.411. The molecule has 0 heterocycles. The Bertz CT molecular complexity index is 359. The summed E-state index contributed by atoms with van der Waals surface area (Å²) in [6, 6.07) is 11.8. The normalized spacial score (nSPS) is 22.7. The number of rotatable bonds is 10. The van der Waals surface area contributed by atoms with Crippen molar-refractivity contribution in [2.45, 2.75) is 70.8 Å². The Labute approximate surface area is 125 Å². The van der Waals surface area contributed by atoms with Crippen LogP contribution in [0.15, 0.2) is 30.3 Å². The highest BCUT2D eigenvalue weighted by molar-refractivity contribution is 5.26. The molecule has 1 fully saturated rings. The summed E-state index contributed by atoms with van der Waals surface area (Å²) in [6.45, 7) is 5.73. The van der Waals surface area contributed by atoms with Crippen molar-refractivity contribution >= 4 is 0 Å². The molecular weight excluding hydrogens is 242 g/mol. The average molecular weight is 273 g/mol. The van der Waals surface area contributed by atoms with E-state index in [0.29, 0.717) is 0 Å². The van der Waals surface area contributed by atoms with Crippen LogP contribution in [0.2, 0.25) is 0 Å². The van der Waals surface area contributed by atoms with E-state index in [9.17, 15) is 0 Å². The fourth-order valence-electron chi connectivity index (χ4n) is 3.33. The Morgan fingerprint density at radius 1 is 1.05 bits per heavy atom. The quantitative estimate of drug-likeness (QED) is 0.583. The van der Waals surface area contributed by atoms with E-state index in [1.165, 1.54) is 51.5 Å². The van der Waals surface area contributed by atoms with E-state index in [2.05, 4.69) is 49.5 Å². The maximum atomic E-state index is 3.81. The van der Waals surface area contributed by atoms with Crippen LogP contribution in [0.25, 0.3) is 0 Å². The third-order valence-corrected chi connectivity index (χ3v) is 4.61. The molecule has 1 nitrogen and oxygen atoms in total. The number of hydrogen-bond donors (Lipinski definition) is 1. The summed E-state index contributed by atoms with van der Waals surface area (Å²) in [4.78, 5) is 0. The molecule has 1 aliphatic rings. The first-order chi connectivity index (χ1) is 9.86. The molecule has 0 amide bonds. The monoisotopic (exact) mass is 273 g/mol. The van der Waals surface area contributed by atoms with Gasteiger partial charge in [0.05, 0.1) is 0 Å². The lowest BCUT2D eigenvalue weighted by atomic mass is 9.99. The first kappa shape index (κ1) is 15.6. The van der Waals surface area contributed by atoms with Gasteiger partial charge in [-0.25, -0.2) is 0 Å². The van der Waals surface area contributed by atoms with Gasteiger partial charge in [-0.1, -0.05) is 69.9 Å². The highest BCUT2D eigenvalue weighted by atomic mass is 14.9. The van der Waals surface area contributed by atoms with E-state index in [0.717, 1.165) is 17.9 Å². The van der Waals surface area contributed by atoms with Crippen LogP contribution >= 0.6 is 0 Å². The molecule has 0 spiro atoms. The Balaban J connectivity index is 1.81. The van der Waals surface area contributed by atoms with Crippen LogP contribution in [0.5, 0.6) is 0 Å². The van der Waals surface area contributed by atoms with Crippen molar-refractivity contribution in [1.29, 1.82) is 0 Å². The molecule has 1 aromatic carbocycles. The molecule has 1 aromatic rings. The second kappa shape index (κ2) is 8.46. The lowest BCUT2D eigenvalue weighted by Gasteiger charge is -2.19. The molecule has 20 heavy (non-hydrogen) atoms. The predicted octanol–water partition coefficient (Wildman–Crippen LogP) is 5.13.